The molecule has 2 aromatic carbocycles. The highest BCUT2D eigenvalue weighted by molar-refractivity contribution is 5.98. The molecule has 0 fully saturated rings. The summed E-state index contributed by atoms with van der Waals surface area (Å²) in [6.07, 6.45) is 3.20. The first-order valence-corrected chi connectivity index (χ1v) is 8.50. The molecule has 0 saturated heterocycles. The predicted octanol–water partition coefficient (Wildman–Crippen LogP) is 3.32. The summed E-state index contributed by atoms with van der Waals surface area (Å²) in [4.78, 5) is 34.0. The third kappa shape index (κ3) is 5.81. The van der Waals surface area contributed by atoms with Crippen molar-refractivity contribution in [3.8, 4) is 0 Å². The zero-order chi connectivity index (χ0) is 19.8. The number of nitro groups is 1. The van der Waals surface area contributed by atoms with Gasteiger partial charge in [-0.2, -0.15) is 0 Å². The van der Waals surface area contributed by atoms with Crippen molar-refractivity contribution >= 4 is 28.9 Å². The molecule has 0 heterocycles. The Kier molecular flexibility index (Phi) is 6.87. The minimum Gasteiger partial charge on any atom is -0.452 e. The molecule has 2 aromatic rings. The molecule has 0 spiro atoms. The summed E-state index contributed by atoms with van der Waals surface area (Å²) in [5.41, 5.74) is 7.07. The molecule has 3 N–H and O–H groups in total. The zero-order valence-corrected chi connectivity index (χ0v) is 14.9. The number of unbranched alkanes of at least 4 members (excludes halogenated alkanes) is 1. The van der Waals surface area contributed by atoms with Crippen molar-refractivity contribution in [1.29, 1.82) is 0 Å². The van der Waals surface area contributed by atoms with Crippen LogP contribution in [0.25, 0.3) is 0 Å². The van der Waals surface area contributed by atoms with Crippen LogP contribution in [-0.4, -0.2) is 23.4 Å². The molecular weight excluding hydrogens is 350 g/mol. The van der Waals surface area contributed by atoms with E-state index in [1.54, 1.807) is 12.1 Å². The van der Waals surface area contributed by atoms with E-state index in [9.17, 15) is 19.7 Å². The molecular formula is C19H21N3O5. The third-order valence-electron chi connectivity index (χ3n) is 3.86. The summed E-state index contributed by atoms with van der Waals surface area (Å²) in [5.74, 6) is -1.32. The topological polar surface area (TPSA) is 125 Å². The van der Waals surface area contributed by atoms with Crippen LogP contribution in [0.1, 0.15) is 35.7 Å². The van der Waals surface area contributed by atoms with E-state index < -0.39 is 23.4 Å². The predicted molar refractivity (Wildman–Crippen MR) is 101 cm³/mol. The molecule has 0 aliphatic heterocycles. The number of ether oxygens (including phenoxy) is 1. The minimum absolute atomic E-state index is 0.0336. The Bertz CT molecular complexity index is 834. The number of nitrogen functional groups attached to an aromatic ring is 1. The average molecular weight is 371 g/mol. The number of nitrogens with one attached hydrogen (secondary N) is 1. The van der Waals surface area contributed by atoms with Crippen LogP contribution in [0.2, 0.25) is 0 Å². The number of amides is 1. The van der Waals surface area contributed by atoms with E-state index in [4.69, 9.17) is 10.5 Å². The van der Waals surface area contributed by atoms with Gasteiger partial charge in [0, 0.05) is 17.8 Å². The first-order chi connectivity index (χ1) is 12.9. The summed E-state index contributed by atoms with van der Waals surface area (Å²) in [7, 11) is 0. The van der Waals surface area contributed by atoms with Gasteiger partial charge in [-0.05, 0) is 36.6 Å². The second-order valence-corrected chi connectivity index (χ2v) is 5.95. The van der Waals surface area contributed by atoms with Crippen LogP contribution < -0.4 is 11.1 Å². The number of aryl methyl sites for hydroxylation is 1. The molecule has 142 valence electrons. The molecule has 0 atom stereocenters. The highest BCUT2D eigenvalue weighted by Gasteiger charge is 2.16. The van der Waals surface area contributed by atoms with Gasteiger partial charge < -0.3 is 15.8 Å². The first-order valence-electron chi connectivity index (χ1n) is 8.50. The molecule has 27 heavy (non-hydrogen) atoms. The largest absolute Gasteiger partial charge is 0.452 e. The van der Waals surface area contributed by atoms with E-state index in [0.29, 0.717) is 5.69 Å². The van der Waals surface area contributed by atoms with Gasteiger partial charge in [0.25, 0.3) is 11.6 Å². The quantitative estimate of drug-likeness (QED) is 0.317. The van der Waals surface area contributed by atoms with Gasteiger partial charge in [-0.15, -0.1) is 0 Å². The number of carbonyl (C=O) groups is 2. The lowest BCUT2D eigenvalue weighted by atomic mass is 10.1. The van der Waals surface area contributed by atoms with Crippen molar-refractivity contribution in [1.82, 2.24) is 0 Å². The zero-order valence-electron chi connectivity index (χ0n) is 14.9. The second kappa shape index (κ2) is 9.33. The van der Waals surface area contributed by atoms with E-state index in [1.807, 2.05) is 12.1 Å². The molecule has 0 bridgehead atoms. The maximum atomic E-state index is 12.0. The lowest BCUT2D eigenvalue weighted by Gasteiger charge is -2.08. The fraction of sp³-hybridized carbons (Fsp3) is 0.263. The SMILES string of the molecule is CCCCc1ccc(NC(=O)COC(=O)c2ccc([N+](=O)[O-])cc2N)cc1. The lowest BCUT2D eigenvalue weighted by Crippen LogP contribution is -2.21. The van der Waals surface area contributed by atoms with Crippen molar-refractivity contribution in [3.63, 3.8) is 0 Å². The number of anilines is 2. The highest BCUT2D eigenvalue weighted by atomic mass is 16.6. The summed E-state index contributed by atoms with van der Waals surface area (Å²) < 4.78 is 4.92. The Morgan fingerprint density at radius 2 is 1.89 bits per heavy atom. The van der Waals surface area contributed by atoms with Gasteiger partial charge in [-0.1, -0.05) is 25.5 Å². The normalized spacial score (nSPS) is 10.3. The minimum atomic E-state index is -0.826. The molecule has 0 unspecified atom stereocenters. The summed E-state index contributed by atoms with van der Waals surface area (Å²) in [5, 5.41) is 13.3. The van der Waals surface area contributed by atoms with Gasteiger partial charge in [0.1, 0.15) is 0 Å². The number of nitrogens with zero attached hydrogens (tertiary/aromatic N) is 1. The van der Waals surface area contributed by atoms with Gasteiger partial charge in [0.2, 0.25) is 0 Å². The standard InChI is InChI=1S/C19H21N3O5/c1-2-3-4-13-5-7-14(8-6-13)21-18(23)12-27-19(24)16-10-9-15(22(25)26)11-17(16)20/h5-11H,2-4,12,20H2,1H3,(H,21,23). The van der Waals surface area contributed by atoms with Crippen molar-refractivity contribution in [2.24, 2.45) is 0 Å². The number of carbonyl (C=O) groups excluding carboxylic acids is 2. The van der Waals surface area contributed by atoms with E-state index in [2.05, 4.69) is 12.2 Å². The second-order valence-electron chi connectivity index (χ2n) is 5.95. The number of rotatable bonds is 8. The molecule has 0 aliphatic carbocycles. The maximum Gasteiger partial charge on any atom is 0.340 e. The number of esters is 1. The van der Waals surface area contributed by atoms with Crippen LogP contribution in [0.4, 0.5) is 17.1 Å². The third-order valence-corrected chi connectivity index (χ3v) is 3.86. The molecule has 8 heteroatoms. The van der Waals surface area contributed by atoms with Crippen molar-refractivity contribution in [3.05, 3.63) is 63.7 Å². The van der Waals surface area contributed by atoms with E-state index in [0.717, 1.165) is 31.4 Å². The van der Waals surface area contributed by atoms with Crippen LogP contribution in [-0.2, 0) is 16.0 Å². The molecule has 1 amide bonds. The molecule has 0 radical (unpaired) electrons. The van der Waals surface area contributed by atoms with Crippen LogP contribution in [0.3, 0.4) is 0 Å². The Morgan fingerprint density at radius 1 is 1.19 bits per heavy atom. The smallest absolute Gasteiger partial charge is 0.340 e. The number of nitro benzene ring substituents is 1. The van der Waals surface area contributed by atoms with Gasteiger partial charge in [-0.3, -0.25) is 14.9 Å². The molecule has 8 nitrogen and oxygen atoms in total. The highest BCUT2D eigenvalue weighted by Crippen LogP contribution is 2.20. The van der Waals surface area contributed by atoms with Crippen LogP contribution in [0.15, 0.2) is 42.5 Å². The molecule has 0 aliphatic rings. The number of non-ortho nitro benzene ring substituents is 1. The van der Waals surface area contributed by atoms with Gasteiger partial charge in [0.05, 0.1) is 16.2 Å². The number of benzene rings is 2. The van der Waals surface area contributed by atoms with Crippen LogP contribution in [0.5, 0.6) is 0 Å². The lowest BCUT2D eigenvalue weighted by molar-refractivity contribution is -0.384. The van der Waals surface area contributed by atoms with Crippen molar-refractivity contribution in [2.45, 2.75) is 26.2 Å². The van der Waals surface area contributed by atoms with E-state index in [-0.39, 0.29) is 16.9 Å². The summed E-state index contributed by atoms with van der Waals surface area (Å²) >= 11 is 0. The number of hydrogen-bond donors (Lipinski definition) is 2. The average Bonchev–Trinajstić information content (AvgIpc) is 2.65. The Balaban J connectivity index is 1.88. The summed E-state index contributed by atoms with van der Waals surface area (Å²) in [6.45, 7) is 1.63. The Morgan fingerprint density at radius 3 is 2.48 bits per heavy atom. The van der Waals surface area contributed by atoms with Crippen LogP contribution >= 0.6 is 0 Å². The van der Waals surface area contributed by atoms with E-state index in [1.165, 1.54) is 11.6 Å². The molecule has 0 aromatic heterocycles. The van der Waals surface area contributed by atoms with Gasteiger partial charge >= 0.3 is 5.97 Å². The van der Waals surface area contributed by atoms with Gasteiger partial charge in [0.15, 0.2) is 6.61 Å². The van der Waals surface area contributed by atoms with Crippen LogP contribution in [0, 0.1) is 10.1 Å². The first kappa shape index (κ1) is 19.9. The summed E-state index contributed by atoms with van der Waals surface area (Å²) in [6, 6.07) is 10.9. The fourth-order valence-corrected chi connectivity index (χ4v) is 2.39. The Labute approximate surface area is 156 Å². The van der Waals surface area contributed by atoms with Gasteiger partial charge in [-0.25, -0.2) is 4.79 Å². The Hall–Kier alpha value is -3.42. The van der Waals surface area contributed by atoms with E-state index >= 15 is 0 Å². The van der Waals surface area contributed by atoms with Crippen molar-refractivity contribution < 1.29 is 19.2 Å². The molecule has 0 saturated carbocycles. The number of hydrogen-bond acceptors (Lipinski definition) is 6. The molecule has 2 rings (SSSR count). The monoisotopic (exact) mass is 371 g/mol. The fourth-order valence-electron chi connectivity index (χ4n) is 2.39. The van der Waals surface area contributed by atoms with Crippen molar-refractivity contribution in [2.75, 3.05) is 17.7 Å². The maximum absolute atomic E-state index is 12.0. The number of nitrogens with two attached hydrogens (primary N) is 1.